The van der Waals surface area contributed by atoms with Crippen LogP contribution >= 0.6 is 0 Å². The quantitative estimate of drug-likeness (QED) is 0.448. The summed E-state index contributed by atoms with van der Waals surface area (Å²) in [6, 6.07) is 0. The van der Waals surface area contributed by atoms with E-state index in [1.54, 1.807) is 0 Å². The molecule has 1 rings (SSSR count). The molecule has 2 nitrogen and oxygen atoms in total. The van der Waals surface area contributed by atoms with Gasteiger partial charge in [0.15, 0.2) is 0 Å². The van der Waals surface area contributed by atoms with Gasteiger partial charge in [-0.1, -0.05) is 51.9 Å². The molecule has 1 atom stereocenters. The van der Waals surface area contributed by atoms with Crippen LogP contribution in [0.1, 0.15) is 84.0 Å². The van der Waals surface area contributed by atoms with Gasteiger partial charge in [-0.05, 0) is 19.3 Å². The van der Waals surface area contributed by atoms with Gasteiger partial charge in [-0.15, -0.1) is 0 Å². The second-order valence-corrected chi connectivity index (χ2v) is 5.60. The zero-order valence-electron chi connectivity index (χ0n) is 11.9. The second kappa shape index (κ2) is 9.29. The van der Waals surface area contributed by atoms with Crippen molar-refractivity contribution in [3.63, 3.8) is 0 Å². The first kappa shape index (κ1) is 15.4. The SMILES string of the molecule is CCCCCCCCCC(=O)C1CCCCC1=O. The van der Waals surface area contributed by atoms with E-state index in [4.69, 9.17) is 0 Å². The normalized spacial score (nSPS) is 20.1. The molecule has 1 aliphatic rings. The van der Waals surface area contributed by atoms with Crippen LogP contribution < -0.4 is 0 Å². The number of carbonyl (C=O) groups is 2. The molecule has 0 aromatic heterocycles. The van der Waals surface area contributed by atoms with Crippen molar-refractivity contribution in [3.05, 3.63) is 0 Å². The summed E-state index contributed by atoms with van der Waals surface area (Å²) in [7, 11) is 0. The highest BCUT2D eigenvalue weighted by atomic mass is 16.1. The maximum atomic E-state index is 11.9. The molecule has 1 saturated carbocycles. The molecule has 0 N–H and O–H groups in total. The molecule has 0 amide bonds. The van der Waals surface area contributed by atoms with Crippen molar-refractivity contribution in [2.45, 2.75) is 84.0 Å². The molecule has 0 aromatic carbocycles. The minimum Gasteiger partial charge on any atom is -0.299 e. The summed E-state index contributed by atoms with van der Waals surface area (Å²) in [5, 5.41) is 0. The third-order valence-corrected chi connectivity index (χ3v) is 3.97. The molecule has 1 unspecified atom stereocenters. The summed E-state index contributed by atoms with van der Waals surface area (Å²) in [5.41, 5.74) is 0. The van der Waals surface area contributed by atoms with E-state index in [0.717, 1.165) is 32.1 Å². The topological polar surface area (TPSA) is 34.1 Å². The Morgan fingerprint density at radius 3 is 2.39 bits per heavy atom. The van der Waals surface area contributed by atoms with E-state index in [1.807, 2.05) is 0 Å². The Bertz CT molecular complexity index is 258. The van der Waals surface area contributed by atoms with Crippen molar-refractivity contribution in [2.75, 3.05) is 0 Å². The number of rotatable bonds is 9. The lowest BCUT2D eigenvalue weighted by Crippen LogP contribution is -2.27. The van der Waals surface area contributed by atoms with Crippen LogP contribution in [0.5, 0.6) is 0 Å². The van der Waals surface area contributed by atoms with Crippen molar-refractivity contribution >= 4 is 11.6 Å². The highest BCUT2D eigenvalue weighted by molar-refractivity contribution is 6.02. The summed E-state index contributed by atoms with van der Waals surface area (Å²) in [6.07, 6.45) is 12.7. The van der Waals surface area contributed by atoms with E-state index in [0.29, 0.717) is 12.8 Å². The van der Waals surface area contributed by atoms with Gasteiger partial charge in [0, 0.05) is 12.8 Å². The molecule has 1 aliphatic carbocycles. The predicted molar refractivity (Wildman–Crippen MR) is 74.6 cm³/mol. The maximum Gasteiger partial charge on any atom is 0.143 e. The number of unbranched alkanes of at least 4 members (excludes halogenated alkanes) is 6. The zero-order valence-corrected chi connectivity index (χ0v) is 11.9. The summed E-state index contributed by atoms with van der Waals surface area (Å²) >= 11 is 0. The van der Waals surface area contributed by atoms with Crippen molar-refractivity contribution in [3.8, 4) is 0 Å². The Kier molecular flexibility index (Phi) is 7.95. The molecule has 104 valence electrons. The molecule has 0 bridgehead atoms. The summed E-state index contributed by atoms with van der Waals surface area (Å²) in [5.74, 6) is 0.182. The highest BCUT2D eigenvalue weighted by Crippen LogP contribution is 2.23. The van der Waals surface area contributed by atoms with Crippen LogP contribution in [0, 0.1) is 5.92 Å². The third kappa shape index (κ3) is 5.79. The van der Waals surface area contributed by atoms with Crippen LogP contribution in [-0.4, -0.2) is 11.6 Å². The van der Waals surface area contributed by atoms with Crippen LogP contribution in [0.3, 0.4) is 0 Å². The second-order valence-electron chi connectivity index (χ2n) is 5.60. The van der Waals surface area contributed by atoms with Crippen molar-refractivity contribution in [2.24, 2.45) is 5.92 Å². The zero-order chi connectivity index (χ0) is 13.2. The Labute approximate surface area is 112 Å². The predicted octanol–water partition coefficient (Wildman–Crippen LogP) is 4.46. The van der Waals surface area contributed by atoms with Gasteiger partial charge in [-0.3, -0.25) is 9.59 Å². The van der Waals surface area contributed by atoms with Gasteiger partial charge < -0.3 is 0 Å². The maximum absolute atomic E-state index is 11.9. The molecule has 0 spiro atoms. The van der Waals surface area contributed by atoms with E-state index < -0.39 is 0 Å². The molecule has 0 heterocycles. The number of hydrogen-bond donors (Lipinski definition) is 0. The van der Waals surface area contributed by atoms with Crippen LogP contribution in [0.2, 0.25) is 0 Å². The van der Waals surface area contributed by atoms with Gasteiger partial charge in [0.05, 0.1) is 5.92 Å². The fraction of sp³-hybridized carbons (Fsp3) is 0.875. The van der Waals surface area contributed by atoms with Crippen LogP contribution in [0.4, 0.5) is 0 Å². The Morgan fingerprint density at radius 1 is 1.06 bits per heavy atom. The highest BCUT2D eigenvalue weighted by Gasteiger charge is 2.27. The van der Waals surface area contributed by atoms with Gasteiger partial charge in [0.25, 0.3) is 0 Å². The monoisotopic (exact) mass is 252 g/mol. The van der Waals surface area contributed by atoms with Crippen molar-refractivity contribution in [1.82, 2.24) is 0 Å². The Balaban J connectivity index is 2.04. The molecular formula is C16H28O2. The van der Waals surface area contributed by atoms with Gasteiger partial charge in [0.2, 0.25) is 0 Å². The molecular weight excluding hydrogens is 224 g/mol. The lowest BCUT2D eigenvalue weighted by Gasteiger charge is -2.18. The molecule has 0 aliphatic heterocycles. The fourth-order valence-electron chi connectivity index (χ4n) is 2.75. The smallest absolute Gasteiger partial charge is 0.143 e. The Hall–Kier alpha value is -0.660. The van der Waals surface area contributed by atoms with E-state index in [9.17, 15) is 9.59 Å². The van der Waals surface area contributed by atoms with Gasteiger partial charge >= 0.3 is 0 Å². The average Bonchev–Trinajstić information content (AvgIpc) is 2.38. The molecule has 18 heavy (non-hydrogen) atoms. The largest absolute Gasteiger partial charge is 0.299 e. The molecule has 0 radical (unpaired) electrons. The first-order valence-electron chi connectivity index (χ1n) is 7.81. The van der Waals surface area contributed by atoms with Crippen molar-refractivity contribution in [1.29, 1.82) is 0 Å². The minimum absolute atomic E-state index is 0.203. The number of Topliss-reactive ketones (excluding diaryl/α,β-unsaturated/α-hetero) is 2. The molecule has 2 heteroatoms. The van der Waals surface area contributed by atoms with E-state index in [2.05, 4.69) is 6.92 Å². The van der Waals surface area contributed by atoms with Crippen molar-refractivity contribution < 1.29 is 9.59 Å². The molecule has 0 aromatic rings. The summed E-state index contributed by atoms with van der Waals surface area (Å²) in [4.78, 5) is 23.5. The first-order valence-corrected chi connectivity index (χ1v) is 7.81. The number of carbonyl (C=O) groups excluding carboxylic acids is 2. The first-order chi connectivity index (χ1) is 8.75. The lowest BCUT2D eigenvalue weighted by molar-refractivity contribution is -0.134. The molecule has 0 saturated heterocycles. The third-order valence-electron chi connectivity index (χ3n) is 3.97. The summed E-state index contributed by atoms with van der Waals surface area (Å²) in [6.45, 7) is 2.22. The van der Waals surface area contributed by atoms with Gasteiger partial charge in [-0.2, -0.15) is 0 Å². The van der Waals surface area contributed by atoms with E-state index >= 15 is 0 Å². The average molecular weight is 252 g/mol. The van der Waals surface area contributed by atoms with Crippen LogP contribution in [0.15, 0.2) is 0 Å². The lowest BCUT2D eigenvalue weighted by atomic mass is 9.83. The van der Waals surface area contributed by atoms with Crippen LogP contribution in [0.25, 0.3) is 0 Å². The number of hydrogen-bond acceptors (Lipinski definition) is 2. The molecule has 1 fully saturated rings. The minimum atomic E-state index is -0.237. The standard InChI is InChI=1S/C16H28O2/c1-2-3-4-5-6-7-8-12-15(17)14-11-9-10-13-16(14)18/h14H,2-13H2,1H3. The van der Waals surface area contributed by atoms with Gasteiger partial charge in [-0.25, -0.2) is 0 Å². The number of ketones is 2. The fourth-order valence-corrected chi connectivity index (χ4v) is 2.75. The van der Waals surface area contributed by atoms with E-state index in [1.165, 1.54) is 32.1 Å². The van der Waals surface area contributed by atoms with Crippen LogP contribution in [-0.2, 0) is 9.59 Å². The Morgan fingerprint density at radius 2 is 1.72 bits per heavy atom. The summed E-state index contributed by atoms with van der Waals surface area (Å²) < 4.78 is 0. The van der Waals surface area contributed by atoms with E-state index in [-0.39, 0.29) is 17.5 Å². The van der Waals surface area contributed by atoms with Gasteiger partial charge in [0.1, 0.15) is 11.6 Å².